The van der Waals surface area contributed by atoms with Gasteiger partial charge in [0.1, 0.15) is 0 Å². The lowest BCUT2D eigenvalue weighted by Gasteiger charge is -2.03. The Kier molecular flexibility index (Phi) is 3.83. The number of likely N-dealkylation sites (N-methyl/N-ethyl adjacent to an activating group) is 1. The largest absolute Gasteiger partial charge is 0.494 e. The number of rotatable bonds is 5. The van der Waals surface area contributed by atoms with Crippen LogP contribution in [-0.4, -0.2) is 40.9 Å². The predicted molar refractivity (Wildman–Crippen MR) is 63.3 cm³/mol. The van der Waals surface area contributed by atoms with Gasteiger partial charge in [0.15, 0.2) is 17.4 Å². The van der Waals surface area contributed by atoms with E-state index < -0.39 is 5.82 Å². The molecule has 0 aliphatic carbocycles. The number of methoxy groups -OCH3 is 1. The van der Waals surface area contributed by atoms with Gasteiger partial charge in [0.05, 0.1) is 12.8 Å². The average molecular weight is 251 g/mol. The minimum absolute atomic E-state index is 0.189. The molecule has 2 aromatic rings. The molecular formula is C11H14FN5O. The summed E-state index contributed by atoms with van der Waals surface area (Å²) >= 11 is 0. The lowest BCUT2D eigenvalue weighted by atomic mass is 10.3. The van der Waals surface area contributed by atoms with Gasteiger partial charge in [-0.25, -0.2) is 4.39 Å². The summed E-state index contributed by atoms with van der Waals surface area (Å²) in [5.74, 6) is 0.346. The van der Waals surface area contributed by atoms with Crippen LogP contribution < -0.4 is 10.1 Å². The highest BCUT2D eigenvalue weighted by molar-refractivity contribution is 5.37. The van der Waals surface area contributed by atoms with Crippen molar-refractivity contribution in [2.45, 2.75) is 6.42 Å². The summed E-state index contributed by atoms with van der Waals surface area (Å²) in [6.45, 7) is 0.767. The van der Waals surface area contributed by atoms with E-state index in [1.807, 2.05) is 7.05 Å². The second-order valence-corrected chi connectivity index (χ2v) is 3.67. The molecule has 1 heterocycles. The highest BCUT2D eigenvalue weighted by Crippen LogP contribution is 2.18. The number of hydrogen-bond donors (Lipinski definition) is 1. The summed E-state index contributed by atoms with van der Waals surface area (Å²) in [5, 5.41) is 14.9. The number of ether oxygens (including phenoxy) is 1. The molecule has 18 heavy (non-hydrogen) atoms. The van der Waals surface area contributed by atoms with Gasteiger partial charge in [-0.05, 0) is 24.4 Å². The van der Waals surface area contributed by atoms with Crippen LogP contribution in [0.1, 0.15) is 5.82 Å². The van der Waals surface area contributed by atoms with Crippen molar-refractivity contribution >= 4 is 0 Å². The van der Waals surface area contributed by atoms with Crippen LogP contribution in [0.5, 0.6) is 5.75 Å². The van der Waals surface area contributed by atoms with E-state index in [4.69, 9.17) is 4.74 Å². The Hall–Kier alpha value is -2.02. The molecule has 0 bridgehead atoms. The van der Waals surface area contributed by atoms with Gasteiger partial charge in [0.2, 0.25) is 0 Å². The molecule has 0 spiro atoms. The van der Waals surface area contributed by atoms with Crippen molar-refractivity contribution in [3.05, 3.63) is 29.8 Å². The Morgan fingerprint density at radius 2 is 2.28 bits per heavy atom. The van der Waals surface area contributed by atoms with Crippen molar-refractivity contribution in [3.63, 3.8) is 0 Å². The third kappa shape index (κ3) is 2.62. The number of benzene rings is 1. The van der Waals surface area contributed by atoms with E-state index in [9.17, 15) is 4.39 Å². The fourth-order valence-electron chi connectivity index (χ4n) is 1.47. The zero-order chi connectivity index (χ0) is 13.0. The molecule has 0 aliphatic heterocycles. The number of aromatic nitrogens is 4. The first-order chi connectivity index (χ1) is 8.74. The number of hydrogen-bond acceptors (Lipinski definition) is 5. The topological polar surface area (TPSA) is 64.9 Å². The zero-order valence-corrected chi connectivity index (χ0v) is 10.2. The molecule has 2 rings (SSSR count). The summed E-state index contributed by atoms with van der Waals surface area (Å²) < 4.78 is 18.4. The van der Waals surface area contributed by atoms with Gasteiger partial charge >= 0.3 is 0 Å². The Labute approximate surface area is 104 Å². The summed E-state index contributed by atoms with van der Waals surface area (Å²) in [5.41, 5.74) is 0.511. The number of tetrazole rings is 1. The first-order valence-electron chi connectivity index (χ1n) is 5.52. The molecule has 0 fully saturated rings. The van der Waals surface area contributed by atoms with Crippen LogP contribution in [0.25, 0.3) is 5.69 Å². The molecule has 0 saturated carbocycles. The number of nitrogens with one attached hydrogen (secondary N) is 1. The van der Waals surface area contributed by atoms with E-state index >= 15 is 0 Å². The molecule has 0 amide bonds. The van der Waals surface area contributed by atoms with Gasteiger partial charge in [0, 0.05) is 19.0 Å². The Morgan fingerprint density at radius 1 is 1.44 bits per heavy atom. The average Bonchev–Trinajstić information content (AvgIpc) is 2.85. The first kappa shape index (κ1) is 12.4. The minimum atomic E-state index is -0.455. The zero-order valence-electron chi connectivity index (χ0n) is 10.2. The van der Waals surface area contributed by atoms with E-state index in [2.05, 4.69) is 20.7 Å². The fraction of sp³-hybridized carbons (Fsp3) is 0.364. The molecule has 96 valence electrons. The summed E-state index contributed by atoms with van der Waals surface area (Å²) in [4.78, 5) is 1.30. The summed E-state index contributed by atoms with van der Waals surface area (Å²) in [7, 11) is 3.27. The van der Waals surface area contributed by atoms with Crippen molar-refractivity contribution in [1.82, 2.24) is 25.5 Å². The van der Waals surface area contributed by atoms with Gasteiger partial charge in [-0.15, -0.1) is 15.0 Å². The molecule has 0 saturated heterocycles. The van der Waals surface area contributed by atoms with Gasteiger partial charge in [-0.2, -0.15) is 0 Å². The lowest BCUT2D eigenvalue weighted by Crippen LogP contribution is -2.11. The molecule has 0 unspecified atom stereocenters. The van der Waals surface area contributed by atoms with Crippen LogP contribution >= 0.6 is 0 Å². The second-order valence-electron chi connectivity index (χ2n) is 3.67. The van der Waals surface area contributed by atoms with E-state index in [1.165, 1.54) is 24.0 Å². The molecule has 6 nitrogen and oxygen atoms in total. The number of halogens is 1. The third-order valence-corrected chi connectivity index (χ3v) is 2.42. The smallest absolute Gasteiger partial charge is 0.176 e. The van der Waals surface area contributed by atoms with E-state index in [0.29, 0.717) is 17.9 Å². The highest BCUT2D eigenvalue weighted by atomic mass is 19.1. The monoisotopic (exact) mass is 251 g/mol. The van der Waals surface area contributed by atoms with Crippen LogP contribution in [0.4, 0.5) is 4.39 Å². The van der Waals surface area contributed by atoms with Crippen LogP contribution in [0.2, 0.25) is 0 Å². The quantitative estimate of drug-likeness (QED) is 0.841. The van der Waals surface area contributed by atoms with E-state index in [0.717, 1.165) is 6.54 Å². The Balaban J connectivity index is 2.20. The standard InChI is InChI=1S/C11H14FN5O/c1-13-6-5-11-14-16-17(15-11)8-3-4-10(18-2)9(12)7-8/h3-4,7,13H,5-6H2,1-2H3. The van der Waals surface area contributed by atoms with Gasteiger partial charge in [-0.1, -0.05) is 0 Å². The maximum atomic E-state index is 13.5. The molecule has 0 radical (unpaired) electrons. The maximum Gasteiger partial charge on any atom is 0.176 e. The first-order valence-corrected chi connectivity index (χ1v) is 5.52. The summed E-state index contributed by atoms with van der Waals surface area (Å²) in [6.07, 6.45) is 0.676. The van der Waals surface area contributed by atoms with Crippen LogP contribution in [0, 0.1) is 5.82 Å². The van der Waals surface area contributed by atoms with E-state index in [1.54, 1.807) is 6.07 Å². The summed E-state index contributed by atoms with van der Waals surface area (Å²) in [6, 6.07) is 4.51. The third-order valence-electron chi connectivity index (χ3n) is 2.42. The molecule has 0 atom stereocenters. The lowest BCUT2D eigenvalue weighted by molar-refractivity contribution is 0.386. The second kappa shape index (κ2) is 5.54. The molecule has 1 aromatic heterocycles. The van der Waals surface area contributed by atoms with Gasteiger partial charge < -0.3 is 10.1 Å². The van der Waals surface area contributed by atoms with Crippen LogP contribution in [-0.2, 0) is 6.42 Å². The minimum Gasteiger partial charge on any atom is -0.494 e. The normalized spacial score (nSPS) is 10.6. The maximum absolute atomic E-state index is 13.5. The van der Waals surface area contributed by atoms with Gasteiger partial charge in [-0.3, -0.25) is 0 Å². The molecule has 7 heteroatoms. The van der Waals surface area contributed by atoms with Crippen molar-refractivity contribution < 1.29 is 9.13 Å². The van der Waals surface area contributed by atoms with Crippen molar-refractivity contribution in [2.75, 3.05) is 20.7 Å². The highest BCUT2D eigenvalue weighted by Gasteiger charge is 2.08. The molecule has 1 N–H and O–H groups in total. The SMILES string of the molecule is CNCCc1nnn(-c2ccc(OC)c(F)c2)n1. The van der Waals surface area contributed by atoms with Crippen molar-refractivity contribution in [2.24, 2.45) is 0 Å². The van der Waals surface area contributed by atoms with Gasteiger partial charge in [0.25, 0.3) is 0 Å². The predicted octanol–water partition coefficient (Wildman–Crippen LogP) is 0.572. The molecule has 0 aliphatic rings. The van der Waals surface area contributed by atoms with Crippen LogP contribution in [0.3, 0.4) is 0 Å². The van der Waals surface area contributed by atoms with Crippen LogP contribution in [0.15, 0.2) is 18.2 Å². The molecule has 1 aromatic carbocycles. The number of nitrogens with zero attached hydrogens (tertiary/aromatic N) is 4. The van der Waals surface area contributed by atoms with E-state index in [-0.39, 0.29) is 5.75 Å². The van der Waals surface area contributed by atoms with Crippen molar-refractivity contribution in [3.8, 4) is 11.4 Å². The van der Waals surface area contributed by atoms with Crippen molar-refractivity contribution in [1.29, 1.82) is 0 Å². The molecular weight excluding hydrogens is 237 g/mol. The Morgan fingerprint density at radius 3 is 2.94 bits per heavy atom. The fourth-order valence-corrected chi connectivity index (χ4v) is 1.47. The Bertz CT molecular complexity index is 528.